The summed E-state index contributed by atoms with van der Waals surface area (Å²) >= 11 is 6.01. The molecule has 2 aromatic rings. The lowest BCUT2D eigenvalue weighted by molar-refractivity contribution is 0.101. The van der Waals surface area contributed by atoms with Gasteiger partial charge in [-0.2, -0.15) is 0 Å². The molecular formula is C15H13ClO3. The van der Waals surface area contributed by atoms with Crippen LogP contribution in [-0.2, 0) is 6.61 Å². The van der Waals surface area contributed by atoms with Gasteiger partial charge in [-0.05, 0) is 25.1 Å². The number of halogens is 1. The minimum absolute atomic E-state index is 0.0795. The van der Waals surface area contributed by atoms with Crippen molar-refractivity contribution < 1.29 is 14.6 Å². The summed E-state index contributed by atoms with van der Waals surface area (Å²) in [6.07, 6.45) is 0. The number of carbonyl (C=O) groups is 1. The Bertz CT molecular complexity index is 608. The van der Waals surface area contributed by atoms with Crippen LogP contribution in [0.15, 0.2) is 42.5 Å². The molecule has 4 heteroatoms. The van der Waals surface area contributed by atoms with Crippen molar-refractivity contribution in [3.8, 4) is 11.5 Å². The molecule has 0 heterocycles. The maximum Gasteiger partial charge on any atom is 0.163 e. The molecule has 98 valence electrons. The molecule has 2 rings (SSSR count). The Morgan fingerprint density at radius 3 is 2.63 bits per heavy atom. The molecule has 0 saturated carbocycles. The SMILES string of the molecule is CC(=O)c1ccc(OCc2ccccc2Cl)cc1O. The highest BCUT2D eigenvalue weighted by molar-refractivity contribution is 6.31. The molecule has 19 heavy (non-hydrogen) atoms. The minimum Gasteiger partial charge on any atom is -0.507 e. The van der Waals surface area contributed by atoms with Gasteiger partial charge in [-0.25, -0.2) is 0 Å². The van der Waals surface area contributed by atoms with Crippen molar-refractivity contribution in [2.24, 2.45) is 0 Å². The predicted octanol–water partition coefficient (Wildman–Crippen LogP) is 3.83. The summed E-state index contributed by atoms with van der Waals surface area (Å²) in [4.78, 5) is 11.2. The summed E-state index contributed by atoms with van der Waals surface area (Å²) in [5.41, 5.74) is 1.14. The highest BCUT2D eigenvalue weighted by atomic mass is 35.5. The Hall–Kier alpha value is -2.00. The molecule has 0 saturated heterocycles. The molecule has 3 nitrogen and oxygen atoms in total. The van der Waals surface area contributed by atoms with Crippen LogP contribution < -0.4 is 4.74 Å². The summed E-state index contributed by atoms with van der Waals surface area (Å²) in [5, 5.41) is 10.3. The Morgan fingerprint density at radius 1 is 1.26 bits per heavy atom. The van der Waals surface area contributed by atoms with E-state index in [2.05, 4.69) is 0 Å². The monoisotopic (exact) mass is 276 g/mol. The molecule has 0 amide bonds. The summed E-state index contributed by atoms with van der Waals surface area (Å²) < 4.78 is 5.53. The number of ketones is 1. The van der Waals surface area contributed by atoms with Crippen molar-refractivity contribution in [1.29, 1.82) is 0 Å². The molecule has 0 aliphatic carbocycles. The standard InChI is InChI=1S/C15H13ClO3/c1-10(17)13-7-6-12(8-15(13)18)19-9-11-4-2-3-5-14(11)16/h2-8,18H,9H2,1H3. The Kier molecular flexibility index (Phi) is 4.07. The summed E-state index contributed by atoms with van der Waals surface area (Å²) in [5.74, 6) is 0.224. The van der Waals surface area contributed by atoms with Crippen LogP contribution in [0.4, 0.5) is 0 Å². The number of hydrogen-bond acceptors (Lipinski definition) is 3. The number of aromatic hydroxyl groups is 1. The third-order valence-corrected chi connectivity index (χ3v) is 3.07. The van der Waals surface area contributed by atoms with Crippen molar-refractivity contribution in [2.45, 2.75) is 13.5 Å². The number of rotatable bonds is 4. The van der Waals surface area contributed by atoms with E-state index in [1.54, 1.807) is 18.2 Å². The normalized spacial score (nSPS) is 10.2. The molecular weight excluding hydrogens is 264 g/mol. The predicted molar refractivity (Wildman–Crippen MR) is 73.9 cm³/mol. The summed E-state index contributed by atoms with van der Waals surface area (Å²) in [6.45, 7) is 1.71. The van der Waals surface area contributed by atoms with Crippen LogP contribution >= 0.6 is 11.6 Å². The average molecular weight is 277 g/mol. The number of phenols is 1. The van der Waals surface area contributed by atoms with E-state index in [-0.39, 0.29) is 17.1 Å². The maximum absolute atomic E-state index is 11.2. The van der Waals surface area contributed by atoms with Gasteiger partial charge in [-0.1, -0.05) is 29.8 Å². The van der Waals surface area contributed by atoms with Crippen LogP contribution in [0.2, 0.25) is 5.02 Å². The van der Waals surface area contributed by atoms with E-state index >= 15 is 0 Å². The lowest BCUT2D eigenvalue weighted by atomic mass is 10.1. The molecule has 2 aromatic carbocycles. The summed E-state index contributed by atoms with van der Waals surface area (Å²) in [7, 11) is 0. The van der Waals surface area contributed by atoms with E-state index in [1.165, 1.54) is 13.0 Å². The lowest BCUT2D eigenvalue weighted by Gasteiger charge is -2.09. The zero-order chi connectivity index (χ0) is 13.8. The maximum atomic E-state index is 11.2. The Labute approximate surface area is 116 Å². The van der Waals surface area contributed by atoms with Gasteiger partial charge < -0.3 is 9.84 Å². The zero-order valence-corrected chi connectivity index (χ0v) is 11.1. The molecule has 0 bridgehead atoms. The average Bonchev–Trinajstić information content (AvgIpc) is 2.37. The van der Waals surface area contributed by atoms with Crippen molar-refractivity contribution >= 4 is 17.4 Å². The van der Waals surface area contributed by atoms with E-state index in [0.29, 0.717) is 17.4 Å². The molecule has 0 radical (unpaired) electrons. The fourth-order valence-electron chi connectivity index (χ4n) is 1.68. The number of carbonyl (C=O) groups excluding carboxylic acids is 1. The minimum atomic E-state index is -0.185. The van der Waals surface area contributed by atoms with Crippen molar-refractivity contribution in [2.75, 3.05) is 0 Å². The number of hydrogen-bond donors (Lipinski definition) is 1. The fraction of sp³-hybridized carbons (Fsp3) is 0.133. The first-order valence-electron chi connectivity index (χ1n) is 5.78. The number of benzene rings is 2. The highest BCUT2D eigenvalue weighted by Gasteiger charge is 2.08. The van der Waals surface area contributed by atoms with Crippen molar-refractivity contribution in [3.63, 3.8) is 0 Å². The van der Waals surface area contributed by atoms with Crippen LogP contribution in [0.1, 0.15) is 22.8 Å². The summed E-state index contributed by atoms with van der Waals surface area (Å²) in [6, 6.07) is 12.0. The third kappa shape index (κ3) is 3.26. The molecule has 0 atom stereocenters. The van der Waals surface area contributed by atoms with Gasteiger partial charge in [0.15, 0.2) is 5.78 Å². The van der Waals surface area contributed by atoms with E-state index < -0.39 is 0 Å². The topological polar surface area (TPSA) is 46.5 Å². The molecule has 0 fully saturated rings. The van der Waals surface area contributed by atoms with Gasteiger partial charge in [-0.15, -0.1) is 0 Å². The Morgan fingerprint density at radius 2 is 2.00 bits per heavy atom. The van der Waals surface area contributed by atoms with Crippen LogP contribution in [0, 0.1) is 0 Å². The van der Waals surface area contributed by atoms with Crippen LogP contribution in [-0.4, -0.2) is 10.9 Å². The van der Waals surface area contributed by atoms with Gasteiger partial charge >= 0.3 is 0 Å². The largest absolute Gasteiger partial charge is 0.507 e. The van der Waals surface area contributed by atoms with Crippen LogP contribution in [0.25, 0.3) is 0 Å². The second-order valence-electron chi connectivity index (χ2n) is 4.12. The van der Waals surface area contributed by atoms with Gasteiger partial charge in [0.2, 0.25) is 0 Å². The van der Waals surface area contributed by atoms with Crippen LogP contribution in [0.5, 0.6) is 11.5 Å². The zero-order valence-electron chi connectivity index (χ0n) is 10.4. The van der Waals surface area contributed by atoms with E-state index in [1.807, 2.05) is 18.2 Å². The van der Waals surface area contributed by atoms with E-state index in [9.17, 15) is 9.90 Å². The molecule has 0 aromatic heterocycles. The van der Waals surface area contributed by atoms with Gasteiger partial charge in [0.25, 0.3) is 0 Å². The first kappa shape index (κ1) is 13.4. The molecule has 0 aliphatic heterocycles. The quantitative estimate of drug-likeness (QED) is 0.864. The van der Waals surface area contributed by atoms with Crippen molar-refractivity contribution in [3.05, 3.63) is 58.6 Å². The number of phenolic OH excluding ortho intramolecular Hbond substituents is 1. The van der Waals surface area contributed by atoms with Gasteiger partial charge in [-0.3, -0.25) is 4.79 Å². The second-order valence-corrected chi connectivity index (χ2v) is 4.52. The third-order valence-electron chi connectivity index (χ3n) is 2.70. The molecule has 1 N–H and O–H groups in total. The molecule has 0 spiro atoms. The first-order chi connectivity index (χ1) is 9.08. The highest BCUT2D eigenvalue weighted by Crippen LogP contribution is 2.25. The number of Topliss-reactive ketones (excluding diaryl/α,β-unsaturated/α-hetero) is 1. The van der Waals surface area contributed by atoms with Gasteiger partial charge in [0, 0.05) is 16.7 Å². The lowest BCUT2D eigenvalue weighted by Crippen LogP contribution is -1.98. The second kappa shape index (κ2) is 5.76. The van der Waals surface area contributed by atoms with E-state index in [0.717, 1.165) is 5.56 Å². The van der Waals surface area contributed by atoms with E-state index in [4.69, 9.17) is 16.3 Å². The Balaban J connectivity index is 2.11. The number of ether oxygens (including phenoxy) is 1. The van der Waals surface area contributed by atoms with Gasteiger partial charge in [0.1, 0.15) is 18.1 Å². The smallest absolute Gasteiger partial charge is 0.163 e. The van der Waals surface area contributed by atoms with Crippen molar-refractivity contribution in [1.82, 2.24) is 0 Å². The fourth-order valence-corrected chi connectivity index (χ4v) is 1.87. The molecule has 0 unspecified atom stereocenters. The van der Waals surface area contributed by atoms with Crippen LogP contribution in [0.3, 0.4) is 0 Å². The van der Waals surface area contributed by atoms with Gasteiger partial charge in [0.05, 0.1) is 5.56 Å². The first-order valence-corrected chi connectivity index (χ1v) is 6.16. The molecule has 0 aliphatic rings.